The molecule has 0 amide bonds. The predicted octanol–water partition coefficient (Wildman–Crippen LogP) is 2.32. The van der Waals surface area contributed by atoms with Gasteiger partial charge in [-0.25, -0.2) is 4.98 Å². The molecule has 3 rings (SSSR count). The molecule has 2 aromatic heterocycles. The zero-order chi connectivity index (χ0) is 16.2. The van der Waals surface area contributed by atoms with E-state index in [0.29, 0.717) is 35.5 Å². The molecular weight excluding hydrogens is 296 g/mol. The first-order chi connectivity index (χ1) is 11.2. The monoisotopic (exact) mass is 312 g/mol. The van der Waals surface area contributed by atoms with Gasteiger partial charge in [-0.3, -0.25) is 0 Å². The molecule has 0 unspecified atom stereocenters. The van der Waals surface area contributed by atoms with E-state index < -0.39 is 0 Å². The van der Waals surface area contributed by atoms with Crippen molar-refractivity contribution in [2.75, 3.05) is 20.0 Å². The molecule has 7 nitrogen and oxygen atoms in total. The molecule has 0 fully saturated rings. The van der Waals surface area contributed by atoms with Gasteiger partial charge in [-0.05, 0) is 29.8 Å². The van der Waals surface area contributed by atoms with Gasteiger partial charge in [0.05, 0.1) is 14.2 Å². The Morgan fingerprint density at radius 1 is 1.09 bits per heavy atom. The second kappa shape index (κ2) is 6.35. The van der Waals surface area contributed by atoms with E-state index in [1.807, 2.05) is 18.2 Å². The zero-order valence-electron chi connectivity index (χ0n) is 12.8. The van der Waals surface area contributed by atoms with Gasteiger partial charge in [0, 0.05) is 18.2 Å². The molecule has 7 heteroatoms. The number of nitrogens with two attached hydrogens (primary N) is 1. The molecule has 0 saturated carbocycles. The fourth-order valence-corrected chi connectivity index (χ4v) is 2.20. The minimum absolute atomic E-state index is 0.405. The van der Waals surface area contributed by atoms with Crippen molar-refractivity contribution in [1.29, 1.82) is 0 Å². The van der Waals surface area contributed by atoms with Crippen LogP contribution in [0.5, 0.6) is 11.5 Å². The Labute approximate surface area is 133 Å². The number of nitrogen functional groups attached to an aromatic ring is 1. The minimum atomic E-state index is 0.405. The first-order valence-corrected chi connectivity index (χ1v) is 6.95. The molecule has 23 heavy (non-hydrogen) atoms. The van der Waals surface area contributed by atoms with E-state index >= 15 is 0 Å². The number of rotatable bonds is 5. The Bertz CT molecular complexity index is 817. The number of anilines is 1. The summed E-state index contributed by atoms with van der Waals surface area (Å²) in [6.45, 7) is 0. The maximum absolute atomic E-state index is 5.66. The van der Waals surface area contributed by atoms with Crippen LogP contribution in [-0.4, -0.2) is 29.3 Å². The summed E-state index contributed by atoms with van der Waals surface area (Å²) < 4.78 is 15.8. The van der Waals surface area contributed by atoms with Crippen molar-refractivity contribution in [3.63, 3.8) is 0 Å². The normalized spacial score (nSPS) is 10.5. The molecule has 2 N–H and O–H groups in total. The third-order valence-corrected chi connectivity index (χ3v) is 3.31. The van der Waals surface area contributed by atoms with Crippen LogP contribution in [-0.2, 0) is 6.42 Å². The van der Waals surface area contributed by atoms with Crippen molar-refractivity contribution in [3.05, 3.63) is 47.9 Å². The summed E-state index contributed by atoms with van der Waals surface area (Å²) in [6, 6.07) is 9.12. The highest BCUT2D eigenvalue weighted by Crippen LogP contribution is 2.28. The van der Waals surface area contributed by atoms with Gasteiger partial charge in [-0.2, -0.15) is 4.98 Å². The van der Waals surface area contributed by atoms with Crippen molar-refractivity contribution in [1.82, 2.24) is 15.1 Å². The van der Waals surface area contributed by atoms with Crippen LogP contribution in [0.2, 0.25) is 0 Å². The lowest BCUT2D eigenvalue weighted by Crippen LogP contribution is -1.95. The lowest BCUT2D eigenvalue weighted by Gasteiger charge is -2.08. The average molecular weight is 312 g/mol. The van der Waals surface area contributed by atoms with Crippen LogP contribution in [0.3, 0.4) is 0 Å². The first-order valence-electron chi connectivity index (χ1n) is 6.95. The topological polar surface area (TPSA) is 96.3 Å². The van der Waals surface area contributed by atoms with Crippen LogP contribution >= 0.6 is 0 Å². The summed E-state index contributed by atoms with van der Waals surface area (Å²) in [5.41, 5.74) is 7.39. The molecule has 0 spiro atoms. The summed E-state index contributed by atoms with van der Waals surface area (Å²) in [7, 11) is 3.20. The van der Waals surface area contributed by atoms with Crippen LogP contribution in [0.15, 0.2) is 41.1 Å². The van der Waals surface area contributed by atoms with Gasteiger partial charge in [0.25, 0.3) is 5.89 Å². The van der Waals surface area contributed by atoms with Gasteiger partial charge in [-0.15, -0.1) is 0 Å². The van der Waals surface area contributed by atoms with Gasteiger partial charge in [0.2, 0.25) is 0 Å². The van der Waals surface area contributed by atoms with Crippen LogP contribution in [0.4, 0.5) is 5.82 Å². The molecule has 0 bridgehead atoms. The van der Waals surface area contributed by atoms with Crippen molar-refractivity contribution >= 4 is 5.82 Å². The Morgan fingerprint density at radius 3 is 2.65 bits per heavy atom. The number of hydrogen-bond acceptors (Lipinski definition) is 7. The number of methoxy groups -OCH3 is 2. The summed E-state index contributed by atoms with van der Waals surface area (Å²) >= 11 is 0. The Hall–Kier alpha value is -3.09. The minimum Gasteiger partial charge on any atom is -0.493 e. The molecule has 0 radical (unpaired) electrons. The molecule has 2 heterocycles. The summed E-state index contributed by atoms with van der Waals surface area (Å²) in [5.74, 6) is 2.73. The quantitative estimate of drug-likeness (QED) is 0.772. The average Bonchev–Trinajstić information content (AvgIpc) is 3.03. The van der Waals surface area contributed by atoms with E-state index in [1.165, 1.54) is 0 Å². The molecule has 0 aliphatic heterocycles. The first kappa shape index (κ1) is 14.8. The van der Waals surface area contributed by atoms with Crippen molar-refractivity contribution in [3.8, 4) is 23.0 Å². The second-order valence-corrected chi connectivity index (χ2v) is 4.85. The molecule has 0 aliphatic rings. The standard InChI is InChI=1S/C16H16N4O3/c1-21-12-4-3-10(7-13(12)22-2)8-15-19-16(23-20-15)11-5-6-18-14(17)9-11/h3-7,9H,8H2,1-2H3,(H2,17,18). The van der Waals surface area contributed by atoms with Gasteiger partial charge < -0.3 is 19.7 Å². The fourth-order valence-electron chi connectivity index (χ4n) is 2.20. The van der Waals surface area contributed by atoms with Crippen molar-refractivity contribution < 1.29 is 14.0 Å². The summed E-state index contributed by atoms with van der Waals surface area (Å²) in [6.07, 6.45) is 2.12. The molecule has 1 aromatic carbocycles. The number of hydrogen-bond donors (Lipinski definition) is 1. The molecule has 0 atom stereocenters. The largest absolute Gasteiger partial charge is 0.493 e. The molecule has 0 saturated heterocycles. The van der Waals surface area contributed by atoms with E-state index in [4.69, 9.17) is 19.7 Å². The van der Waals surface area contributed by atoms with Gasteiger partial charge in [0.1, 0.15) is 5.82 Å². The molecule has 118 valence electrons. The van der Waals surface area contributed by atoms with E-state index in [0.717, 1.165) is 11.1 Å². The maximum Gasteiger partial charge on any atom is 0.258 e. The van der Waals surface area contributed by atoms with E-state index in [-0.39, 0.29) is 0 Å². The Kier molecular flexibility index (Phi) is 4.09. The number of nitrogens with zero attached hydrogens (tertiary/aromatic N) is 3. The highest BCUT2D eigenvalue weighted by Gasteiger charge is 2.11. The van der Waals surface area contributed by atoms with E-state index in [1.54, 1.807) is 32.5 Å². The lowest BCUT2D eigenvalue weighted by atomic mass is 10.1. The zero-order valence-corrected chi connectivity index (χ0v) is 12.8. The maximum atomic E-state index is 5.66. The van der Waals surface area contributed by atoms with E-state index in [2.05, 4.69) is 15.1 Å². The van der Waals surface area contributed by atoms with Crippen LogP contribution in [0.1, 0.15) is 11.4 Å². The van der Waals surface area contributed by atoms with Gasteiger partial charge >= 0.3 is 0 Å². The number of ether oxygens (including phenoxy) is 2. The SMILES string of the molecule is COc1ccc(Cc2noc(-c3ccnc(N)c3)n2)cc1OC. The second-order valence-electron chi connectivity index (χ2n) is 4.85. The van der Waals surface area contributed by atoms with E-state index in [9.17, 15) is 0 Å². The fraction of sp³-hybridized carbons (Fsp3) is 0.188. The van der Waals surface area contributed by atoms with Gasteiger partial charge in [0.15, 0.2) is 17.3 Å². The van der Waals surface area contributed by atoms with Crippen LogP contribution < -0.4 is 15.2 Å². The van der Waals surface area contributed by atoms with Crippen molar-refractivity contribution in [2.45, 2.75) is 6.42 Å². The number of aromatic nitrogens is 3. The third kappa shape index (κ3) is 3.23. The number of benzene rings is 1. The summed E-state index contributed by atoms with van der Waals surface area (Å²) in [4.78, 5) is 8.32. The Morgan fingerprint density at radius 2 is 1.91 bits per heavy atom. The smallest absolute Gasteiger partial charge is 0.258 e. The highest BCUT2D eigenvalue weighted by atomic mass is 16.5. The third-order valence-electron chi connectivity index (χ3n) is 3.31. The Balaban J connectivity index is 1.82. The van der Waals surface area contributed by atoms with Crippen LogP contribution in [0.25, 0.3) is 11.5 Å². The molecular formula is C16H16N4O3. The molecule has 3 aromatic rings. The number of pyridine rings is 1. The lowest BCUT2D eigenvalue weighted by molar-refractivity contribution is 0.354. The van der Waals surface area contributed by atoms with Crippen LogP contribution in [0, 0.1) is 0 Å². The predicted molar refractivity (Wildman–Crippen MR) is 84.3 cm³/mol. The van der Waals surface area contributed by atoms with Crippen molar-refractivity contribution in [2.24, 2.45) is 0 Å². The summed E-state index contributed by atoms with van der Waals surface area (Å²) in [5, 5.41) is 4.00. The van der Waals surface area contributed by atoms with Gasteiger partial charge in [-0.1, -0.05) is 11.2 Å². The molecule has 0 aliphatic carbocycles. The highest BCUT2D eigenvalue weighted by molar-refractivity contribution is 5.56.